The van der Waals surface area contributed by atoms with Gasteiger partial charge in [0.2, 0.25) is 0 Å². The molecule has 2 rings (SSSR count). The van der Waals surface area contributed by atoms with E-state index in [4.69, 9.17) is 0 Å². The van der Waals surface area contributed by atoms with Crippen LogP contribution >= 0.6 is 0 Å². The summed E-state index contributed by atoms with van der Waals surface area (Å²) in [6, 6.07) is 7.36. The number of halogens is 1. The van der Waals surface area contributed by atoms with E-state index in [0.29, 0.717) is 6.04 Å². The smallest absolute Gasteiger partial charge is 0.126 e. The van der Waals surface area contributed by atoms with Crippen molar-refractivity contribution in [1.29, 1.82) is 0 Å². The molecule has 1 aliphatic rings. The van der Waals surface area contributed by atoms with Crippen LogP contribution in [0.4, 0.5) is 4.39 Å². The molecule has 0 aromatic heterocycles. The van der Waals surface area contributed by atoms with Gasteiger partial charge in [0.15, 0.2) is 0 Å². The summed E-state index contributed by atoms with van der Waals surface area (Å²) in [7, 11) is 0. The van der Waals surface area contributed by atoms with E-state index in [1.807, 2.05) is 12.1 Å². The van der Waals surface area contributed by atoms with E-state index in [-0.39, 0.29) is 5.82 Å². The first kappa shape index (κ1) is 9.66. The van der Waals surface area contributed by atoms with Crippen LogP contribution in [-0.4, -0.2) is 12.6 Å². The van der Waals surface area contributed by atoms with Crippen molar-refractivity contribution in [3.05, 3.63) is 35.6 Å². The molecule has 1 aliphatic heterocycles. The summed E-state index contributed by atoms with van der Waals surface area (Å²) in [6.07, 6.45) is 4.33. The molecule has 1 heterocycles. The zero-order chi connectivity index (χ0) is 9.80. The number of hydrogen-bond acceptors (Lipinski definition) is 0. The molecule has 0 N–H and O–H groups in total. The fourth-order valence-corrected chi connectivity index (χ4v) is 1.94. The Balaban J connectivity index is 1.99. The number of hydrogen-bond donors (Lipinski definition) is 0. The molecule has 14 heavy (non-hydrogen) atoms. The molecule has 1 radical (unpaired) electrons. The lowest BCUT2D eigenvalue weighted by Crippen LogP contribution is -2.29. The van der Waals surface area contributed by atoms with Gasteiger partial charge in [0.05, 0.1) is 0 Å². The van der Waals surface area contributed by atoms with Crippen LogP contribution < -0.4 is 5.32 Å². The summed E-state index contributed by atoms with van der Waals surface area (Å²) >= 11 is 0. The Kier molecular flexibility index (Phi) is 3.14. The fraction of sp³-hybridized carbons (Fsp3) is 0.500. The van der Waals surface area contributed by atoms with Gasteiger partial charge in [0.1, 0.15) is 5.82 Å². The van der Waals surface area contributed by atoms with Gasteiger partial charge >= 0.3 is 0 Å². The Morgan fingerprint density at radius 3 is 2.86 bits per heavy atom. The zero-order valence-electron chi connectivity index (χ0n) is 8.25. The molecule has 0 spiro atoms. The van der Waals surface area contributed by atoms with Gasteiger partial charge in [-0.05, 0) is 30.9 Å². The largest absolute Gasteiger partial charge is 0.238 e. The molecule has 75 valence electrons. The summed E-state index contributed by atoms with van der Waals surface area (Å²) in [6.45, 7) is 0.957. The van der Waals surface area contributed by atoms with Crippen molar-refractivity contribution in [2.75, 3.05) is 6.54 Å². The van der Waals surface area contributed by atoms with Gasteiger partial charge < -0.3 is 0 Å². The summed E-state index contributed by atoms with van der Waals surface area (Å²) < 4.78 is 13.3. The van der Waals surface area contributed by atoms with Gasteiger partial charge in [-0.3, -0.25) is 0 Å². The summed E-state index contributed by atoms with van der Waals surface area (Å²) in [5, 5.41) is 4.50. The first-order chi connectivity index (χ1) is 6.86. The Hall–Kier alpha value is -0.890. The van der Waals surface area contributed by atoms with Gasteiger partial charge in [0, 0.05) is 12.6 Å². The van der Waals surface area contributed by atoms with Crippen molar-refractivity contribution in [3.8, 4) is 0 Å². The van der Waals surface area contributed by atoms with E-state index < -0.39 is 0 Å². The van der Waals surface area contributed by atoms with Gasteiger partial charge in [-0.15, -0.1) is 0 Å². The highest BCUT2D eigenvalue weighted by Gasteiger charge is 2.15. The second kappa shape index (κ2) is 4.56. The number of nitrogens with zero attached hydrogens (tertiary/aromatic N) is 1. The average molecular weight is 192 g/mol. The van der Waals surface area contributed by atoms with E-state index in [1.165, 1.54) is 18.9 Å². The lowest BCUT2D eigenvalue weighted by Gasteiger charge is -2.21. The monoisotopic (exact) mass is 192 g/mol. The van der Waals surface area contributed by atoms with Crippen LogP contribution in [0.2, 0.25) is 0 Å². The first-order valence-electron chi connectivity index (χ1n) is 5.26. The van der Waals surface area contributed by atoms with Gasteiger partial charge in [-0.2, -0.15) is 0 Å². The molecular weight excluding hydrogens is 177 g/mol. The zero-order valence-corrected chi connectivity index (χ0v) is 8.25. The Bertz CT molecular complexity index is 292. The molecule has 1 aromatic carbocycles. The van der Waals surface area contributed by atoms with E-state index in [2.05, 4.69) is 5.32 Å². The summed E-state index contributed by atoms with van der Waals surface area (Å²) in [5.41, 5.74) is 0.808. The lowest BCUT2D eigenvalue weighted by atomic mass is 9.97. The highest BCUT2D eigenvalue weighted by Crippen LogP contribution is 2.15. The summed E-state index contributed by atoms with van der Waals surface area (Å²) in [5.74, 6) is -0.0896. The Labute approximate surface area is 84.3 Å². The van der Waals surface area contributed by atoms with Crippen LogP contribution in [-0.2, 0) is 6.42 Å². The highest BCUT2D eigenvalue weighted by atomic mass is 19.1. The van der Waals surface area contributed by atoms with E-state index in [1.54, 1.807) is 6.07 Å². The minimum Gasteiger partial charge on any atom is -0.238 e. The van der Waals surface area contributed by atoms with Crippen LogP contribution in [0.3, 0.4) is 0 Å². The average Bonchev–Trinajstić information content (AvgIpc) is 2.23. The van der Waals surface area contributed by atoms with Crippen LogP contribution in [0.25, 0.3) is 0 Å². The van der Waals surface area contributed by atoms with Crippen molar-refractivity contribution < 1.29 is 4.39 Å². The molecule has 1 saturated heterocycles. The van der Waals surface area contributed by atoms with Crippen molar-refractivity contribution in [3.63, 3.8) is 0 Å². The van der Waals surface area contributed by atoms with Crippen molar-refractivity contribution >= 4 is 0 Å². The SMILES string of the molecule is Fc1ccccc1CC1CCCC[N]1. The second-order valence-electron chi connectivity index (χ2n) is 3.85. The number of benzene rings is 1. The Morgan fingerprint density at radius 1 is 1.29 bits per heavy atom. The van der Waals surface area contributed by atoms with Crippen molar-refractivity contribution in [1.82, 2.24) is 5.32 Å². The third-order valence-electron chi connectivity index (χ3n) is 2.75. The van der Waals surface area contributed by atoms with Crippen molar-refractivity contribution in [2.24, 2.45) is 0 Å². The highest BCUT2D eigenvalue weighted by molar-refractivity contribution is 5.18. The molecule has 1 unspecified atom stereocenters. The van der Waals surface area contributed by atoms with E-state index in [9.17, 15) is 4.39 Å². The third kappa shape index (κ3) is 2.32. The van der Waals surface area contributed by atoms with E-state index in [0.717, 1.165) is 24.9 Å². The van der Waals surface area contributed by atoms with Crippen LogP contribution in [0, 0.1) is 5.82 Å². The predicted molar refractivity (Wildman–Crippen MR) is 54.7 cm³/mol. The molecule has 1 aromatic rings. The number of rotatable bonds is 2. The maximum atomic E-state index is 13.3. The van der Waals surface area contributed by atoms with E-state index >= 15 is 0 Å². The topological polar surface area (TPSA) is 14.1 Å². The van der Waals surface area contributed by atoms with Gasteiger partial charge in [-0.25, -0.2) is 9.71 Å². The maximum Gasteiger partial charge on any atom is 0.126 e. The Morgan fingerprint density at radius 2 is 2.14 bits per heavy atom. The van der Waals surface area contributed by atoms with Gasteiger partial charge in [0.25, 0.3) is 0 Å². The number of piperidine rings is 1. The predicted octanol–water partition coefficient (Wildman–Crippen LogP) is 2.53. The van der Waals surface area contributed by atoms with Crippen LogP contribution in [0.15, 0.2) is 24.3 Å². The molecule has 0 saturated carbocycles. The van der Waals surface area contributed by atoms with Crippen molar-refractivity contribution in [2.45, 2.75) is 31.7 Å². The normalized spacial score (nSPS) is 22.2. The lowest BCUT2D eigenvalue weighted by molar-refractivity contribution is 0.387. The third-order valence-corrected chi connectivity index (χ3v) is 2.75. The maximum absolute atomic E-state index is 13.3. The molecule has 0 amide bonds. The molecule has 2 heteroatoms. The standard InChI is InChI=1S/C12H15FN/c13-12-7-2-1-5-10(12)9-11-6-3-4-8-14-11/h1-2,5,7,11H,3-4,6,8-9H2. The second-order valence-corrected chi connectivity index (χ2v) is 3.85. The fourth-order valence-electron chi connectivity index (χ4n) is 1.94. The molecule has 0 aliphatic carbocycles. The molecule has 1 fully saturated rings. The minimum atomic E-state index is -0.0896. The minimum absolute atomic E-state index is 0.0896. The molecular formula is C12H15FN. The van der Waals surface area contributed by atoms with Crippen LogP contribution in [0.1, 0.15) is 24.8 Å². The molecule has 1 atom stereocenters. The molecule has 1 nitrogen and oxygen atoms in total. The van der Waals surface area contributed by atoms with Gasteiger partial charge in [-0.1, -0.05) is 24.6 Å². The quantitative estimate of drug-likeness (QED) is 0.683. The summed E-state index contributed by atoms with van der Waals surface area (Å²) in [4.78, 5) is 0. The van der Waals surface area contributed by atoms with Crippen LogP contribution in [0.5, 0.6) is 0 Å². The first-order valence-corrected chi connectivity index (χ1v) is 5.26. The molecule has 0 bridgehead atoms.